The van der Waals surface area contributed by atoms with Crippen LogP contribution in [-0.4, -0.2) is 20.2 Å². The third-order valence-electron chi connectivity index (χ3n) is 2.90. The molecule has 1 aromatic rings. The van der Waals surface area contributed by atoms with Gasteiger partial charge in [-0.05, 0) is 38.0 Å². The Balaban J connectivity index is 2.89. The molecule has 102 valence electrons. The van der Waals surface area contributed by atoms with E-state index in [-0.39, 0.29) is 12.4 Å². The number of nitrogens with two attached hydrogens (primary N) is 1. The molecule has 0 amide bonds. The number of hydrogen-bond donors (Lipinski definition) is 2. The maximum Gasteiger partial charge on any atom is 0.216 e. The van der Waals surface area contributed by atoms with Gasteiger partial charge in [-0.15, -0.1) is 0 Å². The van der Waals surface area contributed by atoms with Gasteiger partial charge in [0, 0.05) is 12.6 Å². The summed E-state index contributed by atoms with van der Waals surface area (Å²) in [6.45, 7) is 4.91. The average Bonchev–Trinajstić information content (AvgIpc) is 2.30. The van der Waals surface area contributed by atoms with Crippen molar-refractivity contribution in [3.05, 3.63) is 35.1 Å². The minimum atomic E-state index is -3.48. The van der Waals surface area contributed by atoms with E-state index in [0.29, 0.717) is 11.1 Å². The van der Waals surface area contributed by atoms with Gasteiger partial charge in [0.2, 0.25) is 10.0 Å². The molecule has 18 heavy (non-hydrogen) atoms. The fraction of sp³-hybridized carbons (Fsp3) is 0.500. The molecule has 0 radical (unpaired) electrons. The van der Waals surface area contributed by atoms with Crippen molar-refractivity contribution in [3.63, 3.8) is 0 Å². The number of nitrogens with one attached hydrogen (secondary N) is 1. The zero-order chi connectivity index (χ0) is 13.9. The molecule has 0 aliphatic carbocycles. The highest BCUT2D eigenvalue weighted by atomic mass is 32.2. The summed E-state index contributed by atoms with van der Waals surface area (Å²) >= 11 is 0. The van der Waals surface area contributed by atoms with Gasteiger partial charge in [0.05, 0.1) is 5.25 Å². The van der Waals surface area contributed by atoms with Crippen molar-refractivity contribution in [3.8, 4) is 0 Å². The molecular formula is C12H19FN2O2S. The van der Waals surface area contributed by atoms with E-state index in [4.69, 9.17) is 5.73 Å². The predicted octanol–water partition coefficient (Wildman–Crippen LogP) is 1.46. The second kappa shape index (κ2) is 5.77. The molecular weight excluding hydrogens is 255 g/mol. The van der Waals surface area contributed by atoms with Crippen LogP contribution in [0.1, 0.15) is 31.0 Å². The molecule has 1 rings (SSSR count). The topological polar surface area (TPSA) is 72.2 Å². The summed E-state index contributed by atoms with van der Waals surface area (Å²) in [4.78, 5) is 0. The molecule has 0 heterocycles. The molecule has 0 saturated carbocycles. The maximum absolute atomic E-state index is 13.4. The molecule has 4 nitrogen and oxygen atoms in total. The van der Waals surface area contributed by atoms with Gasteiger partial charge >= 0.3 is 0 Å². The normalized spacial score (nSPS) is 15.4. The molecule has 6 heteroatoms. The molecule has 0 fully saturated rings. The molecule has 0 aliphatic heterocycles. The number of aryl methyl sites for hydroxylation is 1. The van der Waals surface area contributed by atoms with Crippen LogP contribution in [0.25, 0.3) is 0 Å². The maximum atomic E-state index is 13.4. The predicted molar refractivity (Wildman–Crippen MR) is 70.1 cm³/mol. The zero-order valence-corrected chi connectivity index (χ0v) is 11.6. The van der Waals surface area contributed by atoms with Crippen molar-refractivity contribution in [2.45, 2.75) is 32.1 Å². The van der Waals surface area contributed by atoms with Crippen LogP contribution in [0.15, 0.2) is 18.2 Å². The van der Waals surface area contributed by atoms with Crippen LogP contribution in [0.3, 0.4) is 0 Å². The first-order valence-corrected chi connectivity index (χ1v) is 7.30. The van der Waals surface area contributed by atoms with Gasteiger partial charge in [0.25, 0.3) is 0 Å². The first-order chi connectivity index (χ1) is 8.27. The van der Waals surface area contributed by atoms with Crippen LogP contribution in [-0.2, 0) is 10.0 Å². The van der Waals surface area contributed by atoms with Crippen molar-refractivity contribution in [2.75, 3.05) is 6.54 Å². The second-order valence-electron chi connectivity index (χ2n) is 4.44. The lowest BCUT2D eigenvalue weighted by Crippen LogP contribution is -2.38. The van der Waals surface area contributed by atoms with Crippen LogP contribution < -0.4 is 10.5 Å². The Kier molecular flexibility index (Phi) is 4.84. The van der Waals surface area contributed by atoms with Gasteiger partial charge < -0.3 is 5.73 Å². The van der Waals surface area contributed by atoms with Crippen molar-refractivity contribution >= 4 is 10.0 Å². The minimum Gasteiger partial charge on any atom is -0.329 e. The number of rotatable bonds is 5. The smallest absolute Gasteiger partial charge is 0.216 e. The lowest BCUT2D eigenvalue weighted by atomic mass is 10.1. The van der Waals surface area contributed by atoms with E-state index in [9.17, 15) is 12.8 Å². The van der Waals surface area contributed by atoms with Crippen molar-refractivity contribution in [1.82, 2.24) is 4.72 Å². The average molecular weight is 274 g/mol. The van der Waals surface area contributed by atoms with Crippen LogP contribution in [0.4, 0.5) is 4.39 Å². The van der Waals surface area contributed by atoms with Gasteiger partial charge in [-0.1, -0.05) is 12.1 Å². The van der Waals surface area contributed by atoms with E-state index in [1.54, 1.807) is 26.0 Å². The quantitative estimate of drug-likeness (QED) is 0.854. The van der Waals surface area contributed by atoms with Crippen LogP contribution >= 0.6 is 0 Å². The second-order valence-corrected chi connectivity index (χ2v) is 6.57. The van der Waals surface area contributed by atoms with Crippen molar-refractivity contribution < 1.29 is 12.8 Å². The Labute approximate surface area is 107 Å². The molecule has 2 unspecified atom stereocenters. The molecule has 1 aromatic carbocycles. The van der Waals surface area contributed by atoms with Gasteiger partial charge in [0.15, 0.2) is 0 Å². The lowest BCUT2D eigenvalue weighted by Gasteiger charge is -2.18. The zero-order valence-electron chi connectivity index (χ0n) is 10.8. The molecule has 0 aromatic heterocycles. The van der Waals surface area contributed by atoms with E-state index in [0.717, 1.165) is 0 Å². The van der Waals surface area contributed by atoms with E-state index >= 15 is 0 Å². The van der Waals surface area contributed by atoms with Gasteiger partial charge in [-0.3, -0.25) is 0 Å². The summed E-state index contributed by atoms with van der Waals surface area (Å²) < 4.78 is 39.5. The number of halogens is 1. The monoisotopic (exact) mass is 274 g/mol. The Morgan fingerprint density at radius 2 is 2.00 bits per heavy atom. The summed E-state index contributed by atoms with van der Waals surface area (Å²) in [5.41, 5.74) is 6.46. The van der Waals surface area contributed by atoms with Crippen LogP contribution in [0.5, 0.6) is 0 Å². The molecule has 0 aliphatic rings. The Morgan fingerprint density at radius 1 is 1.39 bits per heavy atom. The Hall–Kier alpha value is -0.980. The van der Waals surface area contributed by atoms with E-state index in [1.165, 1.54) is 13.0 Å². The van der Waals surface area contributed by atoms with Gasteiger partial charge in [-0.2, -0.15) is 0 Å². The van der Waals surface area contributed by atoms with Gasteiger partial charge in [-0.25, -0.2) is 17.5 Å². The van der Waals surface area contributed by atoms with Gasteiger partial charge in [0.1, 0.15) is 5.82 Å². The lowest BCUT2D eigenvalue weighted by molar-refractivity contribution is 0.552. The largest absolute Gasteiger partial charge is 0.329 e. The number of hydrogen-bond acceptors (Lipinski definition) is 3. The molecule has 2 atom stereocenters. The van der Waals surface area contributed by atoms with Crippen molar-refractivity contribution in [1.29, 1.82) is 0 Å². The standard InChI is InChI=1S/C12H19FN2O2S/c1-8-4-5-11(6-12(8)13)10(3)15-18(16,17)9(2)7-14/h4-6,9-10,15H,7,14H2,1-3H3. The highest BCUT2D eigenvalue weighted by molar-refractivity contribution is 7.90. The van der Waals surface area contributed by atoms with Crippen molar-refractivity contribution in [2.24, 2.45) is 5.73 Å². The Bertz CT molecular complexity index is 517. The van der Waals surface area contributed by atoms with Crippen LogP contribution in [0, 0.1) is 12.7 Å². The SMILES string of the molecule is Cc1ccc(C(C)NS(=O)(=O)C(C)CN)cc1F. The summed E-state index contributed by atoms with van der Waals surface area (Å²) in [6, 6.07) is 4.19. The third kappa shape index (κ3) is 3.51. The van der Waals surface area contributed by atoms with Crippen LogP contribution in [0.2, 0.25) is 0 Å². The molecule has 0 bridgehead atoms. The van der Waals surface area contributed by atoms with E-state index < -0.39 is 21.3 Å². The van der Waals surface area contributed by atoms with E-state index in [2.05, 4.69) is 4.72 Å². The summed E-state index contributed by atoms with van der Waals surface area (Å²) in [5, 5.41) is -0.671. The third-order valence-corrected chi connectivity index (χ3v) is 4.83. The Morgan fingerprint density at radius 3 is 2.50 bits per heavy atom. The minimum absolute atomic E-state index is 0.0459. The highest BCUT2D eigenvalue weighted by Gasteiger charge is 2.22. The number of benzene rings is 1. The fourth-order valence-corrected chi connectivity index (χ4v) is 2.55. The first kappa shape index (κ1) is 15.1. The molecule has 0 saturated heterocycles. The summed E-state index contributed by atoms with van der Waals surface area (Å²) in [6.07, 6.45) is 0. The molecule has 0 spiro atoms. The highest BCUT2D eigenvalue weighted by Crippen LogP contribution is 2.17. The summed E-state index contributed by atoms with van der Waals surface area (Å²) in [7, 11) is -3.48. The summed E-state index contributed by atoms with van der Waals surface area (Å²) in [5.74, 6) is -0.342. The molecule has 3 N–H and O–H groups in total. The number of sulfonamides is 1. The fourth-order valence-electron chi connectivity index (χ4n) is 1.44. The first-order valence-electron chi connectivity index (χ1n) is 5.75. The van der Waals surface area contributed by atoms with E-state index in [1.807, 2.05) is 0 Å².